The Morgan fingerprint density at radius 2 is 2.00 bits per heavy atom. The Balaban J connectivity index is 2.07. The number of nitrogens with zero attached hydrogens (tertiary/aromatic N) is 4. The van der Waals surface area contributed by atoms with Crippen molar-refractivity contribution in [2.75, 3.05) is 45.8 Å². The number of aromatic nitrogens is 2. The third-order valence-electron chi connectivity index (χ3n) is 3.00. The topological polar surface area (TPSA) is 70.6 Å². The van der Waals surface area contributed by atoms with E-state index < -0.39 is 5.97 Å². The molecule has 0 aromatic carbocycles. The van der Waals surface area contributed by atoms with Crippen LogP contribution < -0.4 is 5.43 Å². The molecule has 0 saturated carbocycles. The molecular weight excluding hydrogens is 246 g/mol. The second-order valence-electron chi connectivity index (χ2n) is 4.61. The Bertz CT molecular complexity index is 457. The minimum absolute atomic E-state index is 0.0825. The minimum Gasteiger partial charge on any atom is -0.463 e. The fourth-order valence-corrected chi connectivity index (χ4v) is 1.89. The van der Waals surface area contributed by atoms with Crippen molar-refractivity contribution < 1.29 is 9.53 Å². The zero-order valence-corrected chi connectivity index (χ0v) is 11.5. The third-order valence-corrected chi connectivity index (χ3v) is 3.00. The number of methoxy groups -OCH3 is 1. The van der Waals surface area contributed by atoms with Gasteiger partial charge in [0, 0.05) is 37.9 Å². The van der Waals surface area contributed by atoms with Crippen molar-refractivity contribution in [3.8, 4) is 0 Å². The van der Waals surface area contributed by atoms with Crippen LogP contribution in [0.4, 0.5) is 5.82 Å². The van der Waals surface area contributed by atoms with Gasteiger partial charge in [-0.1, -0.05) is 0 Å². The van der Waals surface area contributed by atoms with E-state index in [-0.39, 0.29) is 5.82 Å². The lowest BCUT2D eigenvalue weighted by Crippen LogP contribution is -2.47. The number of hydrogen-bond acceptors (Lipinski definition) is 7. The van der Waals surface area contributed by atoms with Gasteiger partial charge in [-0.15, -0.1) is 0 Å². The lowest BCUT2D eigenvalue weighted by Gasteiger charge is -2.32. The number of hydrogen-bond donors (Lipinski definition) is 1. The van der Waals surface area contributed by atoms with Crippen molar-refractivity contribution in [2.24, 2.45) is 0 Å². The van der Waals surface area contributed by atoms with Gasteiger partial charge < -0.3 is 15.1 Å². The number of likely N-dealkylation sites (N-methyl/N-ethyl adjacent to an activating group) is 1. The van der Waals surface area contributed by atoms with Crippen LogP contribution in [0, 0.1) is 6.92 Å². The van der Waals surface area contributed by atoms with Crippen LogP contribution in [-0.4, -0.2) is 66.2 Å². The van der Waals surface area contributed by atoms with E-state index in [1.54, 1.807) is 0 Å². The number of carbonyl (C=O) groups excluding carboxylic acids is 1. The summed E-state index contributed by atoms with van der Waals surface area (Å²) in [5.41, 5.74) is 3.94. The van der Waals surface area contributed by atoms with Crippen LogP contribution in [0.25, 0.3) is 0 Å². The Morgan fingerprint density at radius 3 is 2.63 bits per heavy atom. The zero-order chi connectivity index (χ0) is 13.8. The monoisotopic (exact) mass is 265 g/mol. The molecule has 0 amide bonds. The number of aryl methyl sites for hydroxylation is 1. The molecule has 0 atom stereocenters. The molecule has 1 fully saturated rings. The van der Waals surface area contributed by atoms with E-state index in [9.17, 15) is 4.79 Å². The average molecular weight is 265 g/mol. The maximum atomic E-state index is 11.5. The third kappa shape index (κ3) is 3.62. The van der Waals surface area contributed by atoms with Crippen LogP contribution >= 0.6 is 0 Å². The number of anilines is 1. The van der Waals surface area contributed by atoms with Crippen molar-refractivity contribution in [3.05, 3.63) is 17.6 Å². The molecule has 1 saturated heterocycles. The summed E-state index contributed by atoms with van der Waals surface area (Å²) in [4.78, 5) is 21.9. The number of nitrogens with one attached hydrogen (secondary N) is 1. The van der Waals surface area contributed by atoms with E-state index >= 15 is 0 Å². The van der Waals surface area contributed by atoms with Crippen LogP contribution in [0.5, 0.6) is 0 Å². The molecule has 1 aliphatic rings. The number of hydrazine groups is 1. The van der Waals surface area contributed by atoms with Gasteiger partial charge in [0.25, 0.3) is 0 Å². The maximum absolute atomic E-state index is 11.5. The molecule has 19 heavy (non-hydrogen) atoms. The summed E-state index contributed by atoms with van der Waals surface area (Å²) in [5, 5.41) is 2.09. The molecule has 104 valence electrons. The van der Waals surface area contributed by atoms with E-state index in [1.165, 1.54) is 7.11 Å². The molecule has 7 heteroatoms. The molecule has 2 heterocycles. The summed E-state index contributed by atoms with van der Waals surface area (Å²) in [6.45, 7) is 5.64. The predicted octanol–water partition coefficient (Wildman–Crippen LogP) is 0.146. The largest absolute Gasteiger partial charge is 0.463 e. The van der Waals surface area contributed by atoms with Gasteiger partial charge in [0.1, 0.15) is 5.82 Å². The van der Waals surface area contributed by atoms with Crippen LogP contribution in [0.1, 0.15) is 16.3 Å². The van der Waals surface area contributed by atoms with Gasteiger partial charge >= 0.3 is 5.97 Å². The maximum Gasteiger partial charge on any atom is 0.376 e. The van der Waals surface area contributed by atoms with Crippen molar-refractivity contribution in [3.63, 3.8) is 0 Å². The number of carbonyl (C=O) groups is 1. The Hall–Kier alpha value is -1.73. The van der Waals surface area contributed by atoms with E-state index in [0.717, 1.165) is 31.9 Å². The fraction of sp³-hybridized carbons (Fsp3) is 0.583. The van der Waals surface area contributed by atoms with Gasteiger partial charge in [-0.3, -0.25) is 0 Å². The van der Waals surface area contributed by atoms with Crippen LogP contribution in [0.15, 0.2) is 6.07 Å². The molecule has 0 aliphatic carbocycles. The second-order valence-corrected chi connectivity index (χ2v) is 4.61. The Kier molecular flexibility index (Phi) is 4.28. The molecule has 1 N–H and O–H groups in total. The van der Waals surface area contributed by atoms with Gasteiger partial charge in [-0.2, -0.15) is 0 Å². The van der Waals surface area contributed by atoms with Gasteiger partial charge in [0.15, 0.2) is 0 Å². The quantitative estimate of drug-likeness (QED) is 0.780. The molecule has 0 unspecified atom stereocenters. The summed E-state index contributed by atoms with van der Waals surface area (Å²) in [6.07, 6.45) is 0. The summed E-state index contributed by atoms with van der Waals surface area (Å²) in [6, 6.07) is 1.81. The summed E-state index contributed by atoms with van der Waals surface area (Å²) in [5.74, 6) is 0.182. The first-order valence-electron chi connectivity index (χ1n) is 6.22. The standard InChI is InChI=1S/C12H19N5O2/c1-9-8-10(14-11(13-9)12(18)19-3)15-17-6-4-16(2)5-7-17/h8H,4-7H2,1-3H3,(H,13,14,15). The van der Waals surface area contributed by atoms with Gasteiger partial charge in [-0.05, 0) is 14.0 Å². The van der Waals surface area contributed by atoms with Crippen molar-refractivity contribution in [2.45, 2.75) is 6.92 Å². The smallest absolute Gasteiger partial charge is 0.376 e. The molecule has 1 aliphatic heterocycles. The Morgan fingerprint density at radius 1 is 1.32 bits per heavy atom. The average Bonchev–Trinajstić information content (AvgIpc) is 2.40. The van der Waals surface area contributed by atoms with E-state index in [0.29, 0.717) is 5.82 Å². The van der Waals surface area contributed by atoms with Crippen LogP contribution in [-0.2, 0) is 4.74 Å². The minimum atomic E-state index is -0.523. The molecule has 2 rings (SSSR count). The van der Waals surface area contributed by atoms with E-state index in [1.807, 2.05) is 13.0 Å². The first-order valence-corrected chi connectivity index (χ1v) is 6.22. The highest BCUT2D eigenvalue weighted by molar-refractivity contribution is 5.85. The SMILES string of the molecule is COC(=O)c1nc(C)cc(NN2CCN(C)CC2)n1. The van der Waals surface area contributed by atoms with Crippen molar-refractivity contribution in [1.82, 2.24) is 19.9 Å². The molecule has 1 aromatic heterocycles. The lowest BCUT2D eigenvalue weighted by molar-refractivity contribution is 0.0586. The van der Waals surface area contributed by atoms with E-state index in [2.05, 4.69) is 37.1 Å². The predicted molar refractivity (Wildman–Crippen MR) is 70.8 cm³/mol. The molecule has 0 spiro atoms. The number of piperazine rings is 1. The molecule has 7 nitrogen and oxygen atoms in total. The summed E-state index contributed by atoms with van der Waals surface area (Å²) < 4.78 is 4.64. The zero-order valence-electron chi connectivity index (χ0n) is 11.5. The highest BCUT2D eigenvalue weighted by Gasteiger charge is 2.16. The lowest BCUT2D eigenvalue weighted by atomic mass is 10.4. The summed E-state index contributed by atoms with van der Waals surface area (Å²) >= 11 is 0. The first kappa shape index (κ1) is 13.7. The molecule has 0 radical (unpaired) electrons. The molecule has 0 bridgehead atoms. The second kappa shape index (κ2) is 5.94. The van der Waals surface area contributed by atoms with Gasteiger partial charge in [0.2, 0.25) is 5.82 Å². The van der Waals surface area contributed by atoms with Crippen LogP contribution in [0.3, 0.4) is 0 Å². The highest BCUT2D eigenvalue weighted by atomic mass is 16.5. The molecule has 1 aromatic rings. The van der Waals surface area contributed by atoms with Gasteiger partial charge in [-0.25, -0.2) is 19.8 Å². The van der Waals surface area contributed by atoms with Crippen LogP contribution in [0.2, 0.25) is 0 Å². The van der Waals surface area contributed by atoms with Crippen molar-refractivity contribution >= 4 is 11.8 Å². The first-order chi connectivity index (χ1) is 9.08. The normalized spacial score (nSPS) is 17.2. The van der Waals surface area contributed by atoms with Crippen molar-refractivity contribution in [1.29, 1.82) is 0 Å². The van der Waals surface area contributed by atoms with E-state index in [4.69, 9.17) is 0 Å². The van der Waals surface area contributed by atoms with Gasteiger partial charge in [0.05, 0.1) is 7.11 Å². The Labute approximate surface area is 112 Å². The number of rotatable bonds is 3. The fourth-order valence-electron chi connectivity index (χ4n) is 1.89. The number of esters is 1. The number of ether oxygens (including phenoxy) is 1. The summed E-state index contributed by atoms with van der Waals surface area (Å²) in [7, 11) is 3.42. The highest BCUT2D eigenvalue weighted by Crippen LogP contribution is 2.09. The molecular formula is C12H19N5O2.